The second kappa shape index (κ2) is 29.0. The van der Waals surface area contributed by atoms with Crippen molar-refractivity contribution in [2.45, 2.75) is 144 Å². The molecule has 0 aromatic heterocycles. The van der Waals surface area contributed by atoms with Crippen molar-refractivity contribution in [1.82, 2.24) is 10.6 Å². The van der Waals surface area contributed by atoms with Gasteiger partial charge in [-0.15, -0.1) is 0 Å². The normalized spacial score (nSPS) is 19.7. The molecular formula is C57H80N2O13. The lowest BCUT2D eigenvalue weighted by molar-refractivity contribution is -0.156. The Balaban J connectivity index is 1.96. The number of aliphatic hydroxyl groups excluding tert-OH is 5. The SMILES string of the molecule is CCC(CO)(CO)NC(=O)CCC(=O)OC1CC(C)(C)C(/C=C/C(C)=C/C=C/C(C)=C/C=C/C=C(C)/C=C/C=C(C)/C=C/C2=C(C)C(=O)C(OC(=O)CCC(=O)NC(CO)(CO)CO)CC2(C)C)=C(C)C1=O. The van der Waals surface area contributed by atoms with Crippen LogP contribution in [-0.2, 0) is 38.2 Å². The molecule has 72 heavy (non-hydrogen) atoms. The highest BCUT2D eigenvalue weighted by molar-refractivity contribution is 6.02. The number of ether oxygens (including phenoxy) is 2. The van der Waals surface area contributed by atoms with E-state index in [1.54, 1.807) is 20.8 Å². The molecule has 0 aromatic carbocycles. The predicted octanol–water partition coefficient (Wildman–Crippen LogP) is 6.65. The molecule has 2 unspecified atom stereocenters. The average molecular weight is 1000 g/mol. The zero-order valence-electron chi connectivity index (χ0n) is 44.2. The molecule has 2 aliphatic carbocycles. The number of ketones is 2. The fourth-order valence-corrected chi connectivity index (χ4v) is 8.05. The first kappa shape index (κ1) is 62.3. The first-order valence-electron chi connectivity index (χ1n) is 24.4. The monoisotopic (exact) mass is 1000 g/mol. The highest BCUT2D eigenvalue weighted by Crippen LogP contribution is 2.42. The van der Waals surface area contributed by atoms with E-state index in [0.717, 1.165) is 33.4 Å². The lowest BCUT2D eigenvalue weighted by Crippen LogP contribution is -2.57. The van der Waals surface area contributed by atoms with Gasteiger partial charge in [0.15, 0.2) is 23.8 Å². The molecule has 0 heterocycles. The van der Waals surface area contributed by atoms with Gasteiger partial charge in [-0.05, 0) is 81.1 Å². The minimum atomic E-state index is -1.60. The number of carbonyl (C=O) groups excluding carboxylic acids is 6. The quantitative estimate of drug-likeness (QED) is 0.0355. The van der Waals surface area contributed by atoms with Crippen molar-refractivity contribution >= 4 is 35.3 Å². The molecule has 15 heteroatoms. The Morgan fingerprint density at radius 1 is 0.542 bits per heavy atom. The number of nitrogens with one attached hydrogen (secondary N) is 2. The first-order valence-corrected chi connectivity index (χ1v) is 24.4. The van der Waals surface area contributed by atoms with E-state index in [-0.39, 0.29) is 50.1 Å². The van der Waals surface area contributed by atoms with Crippen LogP contribution in [0.2, 0.25) is 0 Å². The van der Waals surface area contributed by atoms with Crippen LogP contribution in [0.15, 0.2) is 130 Å². The van der Waals surface area contributed by atoms with Crippen LogP contribution < -0.4 is 10.6 Å². The van der Waals surface area contributed by atoms with Gasteiger partial charge in [0.1, 0.15) is 5.54 Å². The molecule has 2 rings (SSSR count). The molecular weight excluding hydrogens is 921 g/mol. The van der Waals surface area contributed by atoms with Crippen LogP contribution in [0.4, 0.5) is 0 Å². The van der Waals surface area contributed by atoms with Gasteiger partial charge in [-0.2, -0.15) is 0 Å². The number of Topliss-reactive ketones (excluding diaryl/α,β-unsaturated/α-hetero) is 2. The van der Waals surface area contributed by atoms with Crippen LogP contribution >= 0.6 is 0 Å². The summed E-state index contributed by atoms with van der Waals surface area (Å²) >= 11 is 0. The number of esters is 2. The zero-order chi connectivity index (χ0) is 54.5. The molecule has 2 aliphatic rings. The Bertz CT molecular complexity index is 2140. The number of hydrogen-bond acceptors (Lipinski definition) is 13. The number of rotatable bonds is 26. The van der Waals surface area contributed by atoms with Gasteiger partial charge in [-0.3, -0.25) is 28.8 Å². The standard InChI is InChI=1S/C57H80N2O13/c1-12-56(33-60,34-61)58-48(65)27-29-50(67)71-46-31-54(8,9)44(42(6)52(46)69)25-23-40(4)21-15-19-38(2)17-13-14-18-39(3)20-16-22-41(5)24-26-45-43(7)53(70)47(32-55(45,10)11)72-51(68)30-28-49(66)59-57(35-62,36-63)37-64/h13-26,46-47,60-64H,12,27-37H2,1-11H3,(H,58,65)(H,59,66)/b14-13+,19-15+,20-16+,25-23+,26-24+,38-17+,39-18+,40-21+,41-22+. The van der Waals surface area contributed by atoms with Gasteiger partial charge in [0.05, 0.1) is 51.4 Å². The van der Waals surface area contributed by atoms with Crippen LogP contribution in [0.5, 0.6) is 0 Å². The van der Waals surface area contributed by atoms with Gasteiger partial charge in [0, 0.05) is 25.7 Å². The maximum atomic E-state index is 13.3. The van der Waals surface area contributed by atoms with E-state index in [4.69, 9.17) is 9.47 Å². The maximum absolute atomic E-state index is 13.3. The van der Waals surface area contributed by atoms with Crippen molar-refractivity contribution in [2.24, 2.45) is 10.8 Å². The van der Waals surface area contributed by atoms with Crippen molar-refractivity contribution in [3.8, 4) is 0 Å². The molecule has 7 N–H and O–H groups in total. The van der Waals surface area contributed by atoms with Crippen LogP contribution in [0.3, 0.4) is 0 Å². The fraction of sp³-hybridized carbons (Fsp3) is 0.509. The molecule has 15 nitrogen and oxygen atoms in total. The summed E-state index contributed by atoms with van der Waals surface area (Å²) in [5.74, 6) is -3.16. The molecule has 2 atom stereocenters. The lowest BCUT2D eigenvalue weighted by Gasteiger charge is -2.36. The van der Waals surface area contributed by atoms with E-state index in [2.05, 4.69) is 10.6 Å². The largest absolute Gasteiger partial charge is 0.454 e. The highest BCUT2D eigenvalue weighted by Gasteiger charge is 2.41. The third-order valence-electron chi connectivity index (χ3n) is 12.9. The smallest absolute Gasteiger partial charge is 0.307 e. The third-order valence-corrected chi connectivity index (χ3v) is 12.9. The van der Waals surface area contributed by atoms with Gasteiger partial charge in [-0.1, -0.05) is 142 Å². The van der Waals surface area contributed by atoms with Crippen molar-refractivity contribution < 1.29 is 63.8 Å². The van der Waals surface area contributed by atoms with Crippen molar-refractivity contribution in [1.29, 1.82) is 0 Å². The summed E-state index contributed by atoms with van der Waals surface area (Å²) in [7, 11) is 0. The second-order valence-electron chi connectivity index (χ2n) is 20.2. The van der Waals surface area contributed by atoms with Gasteiger partial charge in [0.2, 0.25) is 11.8 Å². The second-order valence-corrected chi connectivity index (χ2v) is 20.2. The Kier molecular flexibility index (Phi) is 25.1. The van der Waals surface area contributed by atoms with Gasteiger partial charge in [-0.25, -0.2) is 0 Å². The van der Waals surface area contributed by atoms with Crippen LogP contribution in [-0.4, -0.2) is 117 Å². The van der Waals surface area contributed by atoms with E-state index >= 15 is 0 Å². The Morgan fingerprint density at radius 2 is 0.861 bits per heavy atom. The van der Waals surface area contributed by atoms with E-state index in [9.17, 15) is 54.3 Å². The van der Waals surface area contributed by atoms with Gasteiger partial charge in [0.25, 0.3) is 0 Å². The number of amides is 2. The molecule has 396 valence electrons. The van der Waals surface area contributed by atoms with Crippen LogP contribution in [0.1, 0.15) is 121 Å². The molecule has 0 spiro atoms. The van der Waals surface area contributed by atoms with Crippen molar-refractivity contribution in [2.75, 3.05) is 33.0 Å². The van der Waals surface area contributed by atoms with Gasteiger partial charge >= 0.3 is 11.9 Å². The van der Waals surface area contributed by atoms with Crippen molar-refractivity contribution in [3.05, 3.63) is 130 Å². The molecule has 0 radical (unpaired) electrons. The summed E-state index contributed by atoms with van der Waals surface area (Å²) in [5, 5.41) is 52.3. The third kappa shape index (κ3) is 19.3. The highest BCUT2D eigenvalue weighted by atomic mass is 16.6. The molecule has 0 aromatic rings. The minimum Gasteiger partial charge on any atom is -0.454 e. The van der Waals surface area contributed by atoms with E-state index in [0.29, 0.717) is 17.6 Å². The number of carbonyl (C=O) groups is 6. The Labute approximate surface area is 426 Å². The Hall–Kier alpha value is -5.84. The molecule has 0 saturated heterocycles. The number of aliphatic hydroxyl groups is 5. The first-order chi connectivity index (χ1) is 33.8. The Morgan fingerprint density at radius 3 is 1.19 bits per heavy atom. The summed E-state index contributed by atoms with van der Waals surface area (Å²) in [6.07, 6.45) is 25.3. The minimum absolute atomic E-state index is 0.205. The summed E-state index contributed by atoms with van der Waals surface area (Å²) in [5.41, 5.74) is 2.93. The van der Waals surface area contributed by atoms with E-state index in [1.807, 2.05) is 140 Å². The summed E-state index contributed by atoms with van der Waals surface area (Å²) in [4.78, 5) is 76.5. The maximum Gasteiger partial charge on any atom is 0.307 e. The summed E-state index contributed by atoms with van der Waals surface area (Å²) in [6, 6.07) is 0. The van der Waals surface area contributed by atoms with E-state index < -0.39 is 90.9 Å². The van der Waals surface area contributed by atoms with Gasteiger partial charge < -0.3 is 45.6 Å². The van der Waals surface area contributed by atoms with E-state index in [1.165, 1.54) is 0 Å². The predicted molar refractivity (Wildman–Crippen MR) is 279 cm³/mol. The number of hydrogen-bond donors (Lipinski definition) is 7. The summed E-state index contributed by atoms with van der Waals surface area (Å²) in [6.45, 7) is 18.1. The average Bonchev–Trinajstić information content (AvgIpc) is 3.33. The molecule has 0 bridgehead atoms. The lowest BCUT2D eigenvalue weighted by atomic mass is 9.71. The van der Waals surface area contributed by atoms with Crippen molar-refractivity contribution in [3.63, 3.8) is 0 Å². The summed E-state index contributed by atoms with van der Waals surface area (Å²) < 4.78 is 11.1. The molecule has 0 saturated carbocycles. The zero-order valence-corrected chi connectivity index (χ0v) is 44.2. The van der Waals surface area contributed by atoms with Crippen LogP contribution in [0.25, 0.3) is 0 Å². The topological polar surface area (TPSA) is 246 Å². The molecule has 0 fully saturated rings. The molecule has 2 amide bonds. The fourth-order valence-electron chi connectivity index (χ4n) is 8.05. The van der Waals surface area contributed by atoms with Crippen LogP contribution in [0, 0.1) is 10.8 Å². The number of allylic oxidation sites excluding steroid dienone is 20. The molecule has 0 aliphatic heterocycles.